The van der Waals surface area contributed by atoms with Crippen LogP contribution in [0.5, 0.6) is 0 Å². The number of thiazole rings is 1. The fraction of sp³-hybridized carbons (Fsp3) is 0.714. The molecule has 0 fully saturated rings. The van der Waals surface area contributed by atoms with Gasteiger partial charge in [-0.3, -0.25) is 9.69 Å². The molecule has 0 radical (unpaired) electrons. The normalized spacial score (nSPS) is 11.9. The second-order valence-corrected chi connectivity index (χ2v) is 6.76. The number of carbonyl (C=O) groups is 1. The summed E-state index contributed by atoms with van der Waals surface area (Å²) in [4.78, 5) is 17.8. The van der Waals surface area contributed by atoms with E-state index in [1.54, 1.807) is 0 Å². The van der Waals surface area contributed by atoms with Crippen LogP contribution >= 0.6 is 11.3 Å². The molecule has 0 saturated carbocycles. The number of anilines is 1. The molecule has 1 aromatic rings. The summed E-state index contributed by atoms with van der Waals surface area (Å²) in [6.45, 7) is 11.5. The van der Waals surface area contributed by atoms with E-state index in [4.69, 9.17) is 5.73 Å². The van der Waals surface area contributed by atoms with Crippen LogP contribution in [-0.2, 0) is 11.3 Å². The smallest absolute Gasteiger partial charge is 0.223 e. The average molecular weight is 298 g/mol. The molecule has 20 heavy (non-hydrogen) atoms. The standard InChI is InChI=1S/C14H26N4OS/c1-5-6-18(10-14(3,4)9-15)7-12-8-20-13(17-12)16-11(2)19/h8H,5-7,9-10,15H2,1-4H3,(H,16,17,19). The van der Waals surface area contributed by atoms with Crippen molar-refractivity contribution in [2.45, 2.75) is 40.7 Å². The van der Waals surface area contributed by atoms with E-state index in [1.807, 2.05) is 5.38 Å². The summed E-state index contributed by atoms with van der Waals surface area (Å²) in [5.41, 5.74) is 6.92. The lowest BCUT2D eigenvalue weighted by Crippen LogP contribution is -2.38. The molecule has 1 rings (SSSR count). The third-order valence-corrected chi connectivity index (χ3v) is 3.77. The third kappa shape index (κ3) is 5.98. The Bertz CT molecular complexity index is 431. The van der Waals surface area contributed by atoms with Crippen molar-refractivity contribution in [3.8, 4) is 0 Å². The predicted molar refractivity (Wildman–Crippen MR) is 84.8 cm³/mol. The summed E-state index contributed by atoms with van der Waals surface area (Å²) in [5.74, 6) is -0.0828. The maximum Gasteiger partial charge on any atom is 0.223 e. The molecule has 1 aromatic heterocycles. The van der Waals surface area contributed by atoms with E-state index >= 15 is 0 Å². The zero-order valence-electron chi connectivity index (χ0n) is 12.9. The monoisotopic (exact) mass is 298 g/mol. The Balaban J connectivity index is 2.65. The number of nitrogens with zero attached hydrogens (tertiary/aromatic N) is 2. The van der Waals surface area contributed by atoms with Gasteiger partial charge in [-0.15, -0.1) is 11.3 Å². The number of carbonyl (C=O) groups excluding carboxylic acids is 1. The molecule has 0 aromatic carbocycles. The third-order valence-electron chi connectivity index (χ3n) is 2.96. The summed E-state index contributed by atoms with van der Waals surface area (Å²) < 4.78 is 0. The Morgan fingerprint density at radius 1 is 1.55 bits per heavy atom. The number of nitrogens with two attached hydrogens (primary N) is 1. The van der Waals surface area contributed by atoms with Crippen molar-refractivity contribution < 1.29 is 4.79 Å². The largest absolute Gasteiger partial charge is 0.330 e. The highest BCUT2D eigenvalue weighted by molar-refractivity contribution is 7.13. The zero-order valence-corrected chi connectivity index (χ0v) is 13.7. The van der Waals surface area contributed by atoms with Crippen LogP contribution in [0, 0.1) is 5.41 Å². The molecule has 1 amide bonds. The predicted octanol–water partition coefficient (Wildman–Crippen LogP) is 2.30. The Kier molecular flexibility index (Phi) is 6.58. The van der Waals surface area contributed by atoms with Gasteiger partial charge in [0, 0.05) is 25.4 Å². The van der Waals surface area contributed by atoms with Gasteiger partial charge in [-0.1, -0.05) is 20.8 Å². The van der Waals surface area contributed by atoms with Crippen molar-refractivity contribution in [1.82, 2.24) is 9.88 Å². The number of hydrogen-bond donors (Lipinski definition) is 2. The minimum Gasteiger partial charge on any atom is -0.330 e. The van der Waals surface area contributed by atoms with Gasteiger partial charge in [0.2, 0.25) is 5.91 Å². The Morgan fingerprint density at radius 3 is 2.80 bits per heavy atom. The molecule has 5 nitrogen and oxygen atoms in total. The molecular formula is C14H26N4OS. The number of nitrogens with one attached hydrogen (secondary N) is 1. The summed E-state index contributed by atoms with van der Waals surface area (Å²) in [6, 6.07) is 0. The topological polar surface area (TPSA) is 71.2 Å². The first-order valence-electron chi connectivity index (χ1n) is 7.00. The van der Waals surface area contributed by atoms with Crippen LogP contribution in [0.4, 0.5) is 5.13 Å². The molecule has 0 unspecified atom stereocenters. The summed E-state index contributed by atoms with van der Waals surface area (Å²) in [5, 5.41) is 5.39. The first-order chi connectivity index (χ1) is 9.36. The fourth-order valence-electron chi connectivity index (χ4n) is 2.02. The van der Waals surface area contributed by atoms with Crippen LogP contribution in [0.3, 0.4) is 0 Å². The number of amides is 1. The van der Waals surface area contributed by atoms with Gasteiger partial charge in [0.25, 0.3) is 0 Å². The van der Waals surface area contributed by atoms with Crippen LogP contribution < -0.4 is 11.1 Å². The van der Waals surface area contributed by atoms with Gasteiger partial charge in [0.1, 0.15) is 0 Å². The zero-order chi connectivity index (χ0) is 15.2. The lowest BCUT2D eigenvalue weighted by Gasteiger charge is -2.31. The van der Waals surface area contributed by atoms with Gasteiger partial charge in [-0.2, -0.15) is 0 Å². The number of rotatable bonds is 8. The minimum absolute atomic E-state index is 0.0828. The van der Waals surface area contributed by atoms with E-state index in [1.165, 1.54) is 18.3 Å². The fourth-order valence-corrected chi connectivity index (χ4v) is 2.76. The lowest BCUT2D eigenvalue weighted by atomic mass is 9.93. The maximum atomic E-state index is 11.0. The molecule has 0 atom stereocenters. The van der Waals surface area contributed by atoms with E-state index in [2.05, 4.69) is 36.0 Å². The number of aromatic nitrogens is 1. The van der Waals surface area contributed by atoms with E-state index in [0.29, 0.717) is 11.7 Å². The van der Waals surface area contributed by atoms with Gasteiger partial charge >= 0.3 is 0 Å². The van der Waals surface area contributed by atoms with E-state index in [9.17, 15) is 4.79 Å². The summed E-state index contributed by atoms with van der Waals surface area (Å²) >= 11 is 1.47. The SMILES string of the molecule is CCCN(Cc1csc(NC(C)=O)n1)CC(C)(C)CN. The van der Waals surface area contributed by atoms with E-state index in [-0.39, 0.29) is 11.3 Å². The maximum absolute atomic E-state index is 11.0. The molecule has 0 aliphatic heterocycles. The molecule has 0 bridgehead atoms. The van der Waals surface area contributed by atoms with Crippen molar-refractivity contribution >= 4 is 22.4 Å². The first kappa shape index (κ1) is 17.1. The van der Waals surface area contributed by atoms with Gasteiger partial charge in [0.05, 0.1) is 5.69 Å². The second-order valence-electron chi connectivity index (χ2n) is 5.90. The molecule has 0 spiro atoms. The van der Waals surface area contributed by atoms with Crippen LogP contribution in [0.15, 0.2) is 5.38 Å². The van der Waals surface area contributed by atoms with Crippen molar-refractivity contribution in [1.29, 1.82) is 0 Å². The Morgan fingerprint density at radius 2 is 2.25 bits per heavy atom. The first-order valence-corrected chi connectivity index (χ1v) is 7.88. The van der Waals surface area contributed by atoms with Gasteiger partial charge in [-0.05, 0) is 24.9 Å². The quantitative estimate of drug-likeness (QED) is 0.772. The molecule has 114 valence electrons. The lowest BCUT2D eigenvalue weighted by molar-refractivity contribution is -0.114. The van der Waals surface area contributed by atoms with Crippen LogP contribution in [0.2, 0.25) is 0 Å². The molecule has 1 heterocycles. The van der Waals surface area contributed by atoms with Crippen molar-refractivity contribution in [2.24, 2.45) is 11.1 Å². The van der Waals surface area contributed by atoms with Crippen LogP contribution in [-0.4, -0.2) is 35.4 Å². The van der Waals surface area contributed by atoms with Gasteiger partial charge in [0.15, 0.2) is 5.13 Å². The highest BCUT2D eigenvalue weighted by atomic mass is 32.1. The van der Waals surface area contributed by atoms with E-state index in [0.717, 1.165) is 31.7 Å². The van der Waals surface area contributed by atoms with Gasteiger partial charge in [-0.25, -0.2) is 4.98 Å². The number of hydrogen-bond acceptors (Lipinski definition) is 5. The molecule has 0 saturated heterocycles. The summed E-state index contributed by atoms with van der Waals surface area (Å²) in [6.07, 6.45) is 1.10. The molecule has 3 N–H and O–H groups in total. The van der Waals surface area contributed by atoms with E-state index < -0.39 is 0 Å². The Hall–Kier alpha value is -0.980. The average Bonchev–Trinajstić information content (AvgIpc) is 2.75. The molecule has 0 aliphatic carbocycles. The molecular weight excluding hydrogens is 272 g/mol. The Labute approximate surface area is 125 Å². The highest BCUT2D eigenvalue weighted by Crippen LogP contribution is 2.20. The minimum atomic E-state index is -0.0828. The van der Waals surface area contributed by atoms with Crippen molar-refractivity contribution in [3.05, 3.63) is 11.1 Å². The summed E-state index contributed by atoms with van der Waals surface area (Å²) in [7, 11) is 0. The second kappa shape index (κ2) is 7.71. The van der Waals surface area contributed by atoms with Crippen LogP contribution in [0.1, 0.15) is 39.8 Å². The highest BCUT2D eigenvalue weighted by Gasteiger charge is 2.20. The van der Waals surface area contributed by atoms with Crippen LogP contribution in [0.25, 0.3) is 0 Å². The van der Waals surface area contributed by atoms with Crippen molar-refractivity contribution in [2.75, 3.05) is 25.0 Å². The molecule has 0 aliphatic rings. The molecule has 6 heteroatoms. The van der Waals surface area contributed by atoms with Crippen molar-refractivity contribution in [3.63, 3.8) is 0 Å². The van der Waals surface area contributed by atoms with Gasteiger partial charge < -0.3 is 11.1 Å².